The van der Waals surface area contributed by atoms with Crippen LogP contribution in [0.15, 0.2) is 42.5 Å². The van der Waals surface area contributed by atoms with E-state index < -0.39 is 6.10 Å². The van der Waals surface area contributed by atoms with E-state index >= 15 is 0 Å². The molecule has 2 N–H and O–H groups in total. The molecule has 0 fully saturated rings. The van der Waals surface area contributed by atoms with Gasteiger partial charge in [-0.2, -0.15) is 5.26 Å². The maximum Gasteiger partial charge on any atom is 0.123 e. The van der Waals surface area contributed by atoms with Gasteiger partial charge in [0.05, 0.1) is 28.4 Å². The molecule has 0 spiro atoms. The van der Waals surface area contributed by atoms with Crippen molar-refractivity contribution in [3.8, 4) is 6.07 Å². The average Bonchev–Trinajstić information content (AvgIpc) is 2.46. The Morgan fingerprint density at radius 1 is 1.25 bits per heavy atom. The van der Waals surface area contributed by atoms with Gasteiger partial charge in [-0.1, -0.05) is 23.7 Å². The molecule has 0 aliphatic rings. The minimum Gasteiger partial charge on any atom is -0.387 e. The summed E-state index contributed by atoms with van der Waals surface area (Å²) in [4.78, 5) is 0. The van der Waals surface area contributed by atoms with Crippen molar-refractivity contribution in [3.63, 3.8) is 0 Å². The highest BCUT2D eigenvalue weighted by atomic mass is 35.5. The summed E-state index contributed by atoms with van der Waals surface area (Å²) in [5.41, 5.74) is 1.72. The lowest BCUT2D eigenvalue weighted by atomic mass is 10.1. The van der Waals surface area contributed by atoms with E-state index in [9.17, 15) is 9.50 Å². The summed E-state index contributed by atoms with van der Waals surface area (Å²) in [6.45, 7) is 0.233. The minimum absolute atomic E-state index is 0.233. The number of nitrogens with zero attached hydrogens (tertiary/aromatic N) is 1. The van der Waals surface area contributed by atoms with Crippen LogP contribution in [0.4, 0.5) is 10.1 Å². The highest BCUT2D eigenvalue weighted by molar-refractivity contribution is 6.33. The predicted octanol–water partition coefficient (Wildman–Crippen LogP) is 3.50. The molecule has 2 rings (SSSR count). The molecule has 102 valence electrons. The van der Waals surface area contributed by atoms with Gasteiger partial charge in [0.15, 0.2) is 0 Å². The van der Waals surface area contributed by atoms with Crippen LogP contribution >= 0.6 is 11.6 Å². The highest BCUT2D eigenvalue weighted by Crippen LogP contribution is 2.24. The minimum atomic E-state index is -0.776. The Morgan fingerprint density at radius 3 is 2.55 bits per heavy atom. The van der Waals surface area contributed by atoms with Crippen LogP contribution in [0.1, 0.15) is 17.2 Å². The maximum atomic E-state index is 12.8. The molecule has 20 heavy (non-hydrogen) atoms. The fourth-order valence-corrected chi connectivity index (χ4v) is 1.98. The summed E-state index contributed by atoms with van der Waals surface area (Å²) in [6.07, 6.45) is -0.776. The Kier molecular flexibility index (Phi) is 4.57. The van der Waals surface area contributed by atoms with E-state index in [1.165, 1.54) is 24.3 Å². The van der Waals surface area contributed by atoms with Crippen LogP contribution in [-0.2, 0) is 0 Å². The molecular weight excluding hydrogens is 279 g/mol. The quantitative estimate of drug-likeness (QED) is 0.906. The van der Waals surface area contributed by atoms with Crippen LogP contribution in [0.2, 0.25) is 5.02 Å². The molecule has 0 amide bonds. The van der Waals surface area contributed by atoms with Gasteiger partial charge in [-0.3, -0.25) is 0 Å². The van der Waals surface area contributed by atoms with Crippen molar-refractivity contribution in [1.29, 1.82) is 5.26 Å². The summed E-state index contributed by atoms with van der Waals surface area (Å²) in [6, 6.07) is 12.5. The van der Waals surface area contributed by atoms with Gasteiger partial charge >= 0.3 is 0 Å². The van der Waals surface area contributed by atoms with Gasteiger partial charge in [0.1, 0.15) is 5.82 Å². The maximum absolute atomic E-state index is 12.8. The lowest BCUT2D eigenvalue weighted by Crippen LogP contribution is -2.12. The normalized spacial score (nSPS) is 11.7. The summed E-state index contributed by atoms with van der Waals surface area (Å²) >= 11 is 6.01. The predicted molar refractivity (Wildman–Crippen MR) is 76.0 cm³/mol. The topological polar surface area (TPSA) is 56.0 Å². The summed E-state index contributed by atoms with van der Waals surface area (Å²) in [5, 5.41) is 22.1. The van der Waals surface area contributed by atoms with Crippen LogP contribution < -0.4 is 5.32 Å². The van der Waals surface area contributed by atoms with E-state index in [-0.39, 0.29) is 12.4 Å². The molecule has 2 aromatic rings. The smallest absolute Gasteiger partial charge is 0.123 e. The van der Waals surface area contributed by atoms with E-state index in [0.717, 1.165) is 0 Å². The second-order valence-corrected chi connectivity index (χ2v) is 4.66. The summed E-state index contributed by atoms with van der Waals surface area (Å²) in [7, 11) is 0. The Bertz CT molecular complexity index is 637. The van der Waals surface area contributed by atoms with Gasteiger partial charge in [0.25, 0.3) is 0 Å². The zero-order valence-electron chi connectivity index (χ0n) is 10.5. The molecule has 2 aromatic carbocycles. The number of anilines is 1. The SMILES string of the molecule is N#Cc1ccc(NCC(O)c2ccc(F)cc2)c(Cl)c1. The van der Waals surface area contributed by atoms with E-state index in [2.05, 4.69) is 5.32 Å². The molecule has 0 aliphatic heterocycles. The van der Waals surface area contributed by atoms with Gasteiger partial charge < -0.3 is 10.4 Å². The number of aliphatic hydroxyl groups excluding tert-OH is 1. The molecule has 5 heteroatoms. The van der Waals surface area contributed by atoms with Crippen molar-refractivity contribution in [3.05, 3.63) is 64.4 Å². The standard InChI is InChI=1S/C15H12ClFN2O/c16-13-7-10(8-18)1-6-14(13)19-9-15(20)11-2-4-12(17)5-3-11/h1-7,15,19-20H,9H2. The molecule has 1 atom stereocenters. The zero-order valence-corrected chi connectivity index (χ0v) is 11.2. The van der Waals surface area contributed by atoms with Crippen molar-refractivity contribution >= 4 is 17.3 Å². The molecule has 0 aromatic heterocycles. The van der Waals surface area contributed by atoms with Crippen molar-refractivity contribution in [2.24, 2.45) is 0 Å². The number of halogens is 2. The first kappa shape index (κ1) is 14.3. The van der Waals surface area contributed by atoms with Crippen molar-refractivity contribution in [2.45, 2.75) is 6.10 Å². The Hall–Kier alpha value is -2.09. The third-order valence-electron chi connectivity index (χ3n) is 2.84. The highest BCUT2D eigenvalue weighted by Gasteiger charge is 2.09. The third kappa shape index (κ3) is 3.47. The first-order valence-corrected chi connectivity index (χ1v) is 6.35. The van der Waals surface area contributed by atoms with E-state index in [4.69, 9.17) is 16.9 Å². The van der Waals surface area contributed by atoms with Gasteiger partial charge in [-0.05, 0) is 35.9 Å². The molecule has 0 radical (unpaired) electrons. The third-order valence-corrected chi connectivity index (χ3v) is 3.15. The zero-order chi connectivity index (χ0) is 14.5. The van der Waals surface area contributed by atoms with E-state index in [0.29, 0.717) is 21.8 Å². The average molecular weight is 291 g/mol. The van der Waals surface area contributed by atoms with E-state index in [1.54, 1.807) is 18.2 Å². The molecule has 0 aliphatic carbocycles. The molecule has 0 saturated carbocycles. The first-order chi connectivity index (χ1) is 9.60. The Labute approximate surface area is 121 Å². The van der Waals surface area contributed by atoms with Crippen molar-refractivity contribution in [2.75, 3.05) is 11.9 Å². The second kappa shape index (κ2) is 6.38. The van der Waals surface area contributed by atoms with E-state index in [1.807, 2.05) is 6.07 Å². The number of aliphatic hydroxyl groups is 1. The lowest BCUT2D eigenvalue weighted by Gasteiger charge is -2.14. The molecule has 0 heterocycles. The van der Waals surface area contributed by atoms with Crippen LogP contribution in [0.3, 0.4) is 0 Å². The monoisotopic (exact) mass is 290 g/mol. The second-order valence-electron chi connectivity index (χ2n) is 4.25. The van der Waals surface area contributed by atoms with Gasteiger partial charge in [0, 0.05) is 6.54 Å². The fraction of sp³-hybridized carbons (Fsp3) is 0.133. The van der Waals surface area contributed by atoms with Crippen LogP contribution in [0.5, 0.6) is 0 Å². The number of hydrogen-bond acceptors (Lipinski definition) is 3. The van der Waals surface area contributed by atoms with Gasteiger partial charge in [-0.25, -0.2) is 4.39 Å². The van der Waals surface area contributed by atoms with Crippen LogP contribution in [0, 0.1) is 17.1 Å². The molecule has 1 unspecified atom stereocenters. The van der Waals surface area contributed by atoms with Crippen LogP contribution in [0.25, 0.3) is 0 Å². The summed E-state index contributed by atoms with van der Waals surface area (Å²) < 4.78 is 12.8. The molecular formula is C15H12ClFN2O. The number of nitriles is 1. The number of benzene rings is 2. The number of nitrogens with one attached hydrogen (secondary N) is 1. The molecule has 0 saturated heterocycles. The molecule has 0 bridgehead atoms. The van der Waals surface area contributed by atoms with Crippen molar-refractivity contribution < 1.29 is 9.50 Å². The lowest BCUT2D eigenvalue weighted by molar-refractivity contribution is 0.191. The number of hydrogen-bond donors (Lipinski definition) is 2. The van der Waals surface area contributed by atoms with Gasteiger partial charge in [0.2, 0.25) is 0 Å². The molecule has 3 nitrogen and oxygen atoms in total. The summed E-state index contributed by atoms with van der Waals surface area (Å²) in [5.74, 6) is -0.343. The largest absolute Gasteiger partial charge is 0.387 e. The Balaban J connectivity index is 2.01. The number of rotatable bonds is 4. The van der Waals surface area contributed by atoms with Crippen molar-refractivity contribution in [1.82, 2.24) is 0 Å². The fourth-order valence-electron chi connectivity index (χ4n) is 1.74. The first-order valence-electron chi connectivity index (χ1n) is 5.97. The Morgan fingerprint density at radius 2 is 1.95 bits per heavy atom. The van der Waals surface area contributed by atoms with Gasteiger partial charge in [-0.15, -0.1) is 0 Å². The van der Waals surface area contributed by atoms with Crippen LogP contribution in [-0.4, -0.2) is 11.7 Å².